The van der Waals surface area contributed by atoms with E-state index in [1.54, 1.807) is 0 Å². The van der Waals surface area contributed by atoms with E-state index in [0.29, 0.717) is 19.0 Å². The molecule has 2 aromatic carbocycles. The van der Waals surface area contributed by atoms with Gasteiger partial charge in [0.2, 0.25) is 6.29 Å². The average Bonchev–Trinajstić information content (AvgIpc) is 2.76. The van der Waals surface area contributed by atoms with Gasteiger partial charge in [-0.25, -0.2) is 0 Å². The lowest BCUT2D eigenvalue weighted by molar-refractivity contribution is -0.320. The van der Waals surface area contributed by atoms with Gasteiger partial charge in [0, 0.05) is 0 Å². The minimum Gasteiger partial charge on any atom is -0.459 e. The zero-order valence-electron chi connectivity index (χ0n) is 19.7. The lowest BCUT2D eigenvalue weighted by atomic mass is 10.2. The van der Waals surface area contributed by atoms with Crippen LogP contribution in [0.5, 0.6) is 5.75 Å². The molecule has 0 aliphatic carbocycles. The summed E-state index contributed by atoms with van der Waals surface area (Å²) in [7, 11) is -1.99. The summed E-state index contributed by atoms with van der Waals surface area (Å²) in [6, 6.07) is 19.2. The minimum atomic E-state index is -1.99. The van der Waals surface area contributed by atoms with E-state index >= 15 is 0 Å². The third-order valence-electron chi connectivity index (χ3n) is 6.10. The third kappa shape index (κ3) is 6.88. The third-order valence-corrected chi connectivity index (χ3v) is 10.6. The number of aliphatic hydroxyl groups is 1. The van der Waals surface area contributed by atoms with Gasteiger partial charge in [-0.15, -0.1) is 0 Å². The molecule has 1 aliphatic heterocycles. The van der Waals surface area contributed by atoms with E-state index < -0.39 is 27.0 Å². The molecule has 1 fully saturated rings. The molecule has 1 heterocycles. The molecule has 176 valence electrons. The van der Waals surface area contributed by atoms with Crippen molar-refractivity contribution in [3.63, 3.8) is 0 Å². The van der Waals surface area contributed by atoms with Gasteiger partial charge in [0.25, 0.3) is 6.29 Å². The van der Waals surface area contributed by atoms with Crippen LogP contribution in [0, 0.1) is 0 Å². The highest BCUT2D eigenvalue weighted by atomic mass is 28.4. The van der Waals surface area contributed by atoms with Crippen molar-refractivity contribution in [2.45, 2.75) is 70.3 Å². The van der Waals surface area contributed by atoms with Gasteiger partial charge in [0.05, 0.1) is 19.8 Å². The van der Waals surface area contributed by atoms with Gasteiger partial charge in [-0.2, -0.15) is 0 Å². The van der Waals surface area contributed by atoms with Crippen molar-refractivity contribution in [2.24, 2.45) is 0 Å². The van der Waals surface area contributed by atoms with Crippen LogP contribution in [-0.4, -0.2) is 51.4 Å². The fraction of sp³-hybridized carbons (Fsp3) is 0.520. The first-order valence-corrected chi connectivity index (χ1v) is 14.0. The van der Waals surface area contributed by atoms with E-state index in [1.807, 2.05) is 60.7 Å². The van der Waals surface area contributed by atoms with Crippen molar-refractivity contribution in [2.75, 3.05) is 13.2 Å². The molecule has 0 aromatic heterocycles. The standard InChI is InChI=1S/C25H36O6Si/c1-25(2,3)32(4,5)29-18-21(27-16-19-12-8-6-9-13-19)22-17-28-23(26)24(31-22)30-20-14-10-7-11-15-20/h6-15,21-24,26H,16-18H2,1-5H3/t21-,22+,23?,24+/m0/s1. The van der Waals surface area contributed by atoms with Crippen LogP contribution in [0.3, 0.4) is 0 Å². The molecule has 0 amide bonds. The van der Waals surface area contributed by atoms with E-state index in [4.69, 9.17) is 23.4 Å². The molecule has 2 aromatic rings. The molecule has 0 radical (unpaired) electrons. The highest BCUT2D eigenvalue weighted by Gasteiger charge is 2.41. The van der Waals surface area contributed by atoms with Crippen molar-refractivity contribution in [3.05, 3.63) is 66.2 Å². The van der Waals surface area contributed by atoms with Crippen molar-refractivity contribution in [3.8, 4) is 5.75 Å². The second-order valence-corrected chi connectivity index (χ2v) is 14.4. The van der Waals surface area contributed by atoms with Gasteiger partial charge in [-0.1, -0.05) is 69.3 Å². The van der Waals surface area contributed by atoms with E-state index in [0.717, 1.165) is 5.56 Å². The Bertz CT molecular complexity index is 808. The number of hydrogen-bond acceptors (Lipinski definition) is 6. The van der Waals surface area contributed by atoms with Crippen LogP contribution in [0.15, 0.2) is 60.7 Å². The summed E-state index contributed by atoms with van der Waals surface area (Å²) in [5.74, 6) is 0.597. The van der Waals surface area contributed by atoms with Crippen molar-refractivity contribution in [1.29, 1.82) is 0 Å². The van der Waals surface area contributed by atoms with E-state index in [2.05, 4.69) is 33.9 Å². The van der Waals surface area contributed by atoms with Crippen molar-refractivity contribution < 1.29 is 28.5 Å². The van der Waals surface area contributed by atoms with Gasteiger partial charge < -0.3 is 28.5 Å². The lowest BCUT2D eigenvalue weighted by Gasteiger charge is -2.40. The number of aliphatic hydroxyl groups excluding tert-OH is 1. The highest BCUT2D eigenvalue weighted by molar-refractivity contribution is 6.74. The normalized spacial score (nSPS) is 23.0. The molecule has 32 heavy (non-hydrogen) atoms. The molecule has 1 unspecified atom stereocenters. The highest BCUT2D eigenvalue weighted by Crippen LogP contribution is 2.37. The SMILES string of the molecule is CC(C)(C)[Si](C)(C)OC[C@H](OCc1ccccc1)[C@H]1COC(O)[C@H](Oc2ccccc2)O1. The van der Waals surface area contributed by atoms with Crippen LogP contribution >= 0.6 is 0 Å². The molecule has 3 rings (SSSR count). The molecule has 0 bridgehead atoms. The molecule has 4 atom stereocenters. The van der Waals surface area contributed by atoms with E-state index in [9.17, 15) is 5.11 Å². The maximum atomic E-state index is 10.3. The van der Waals surface area contributed by atoms with Gasteiger partial charge >= 0.3 is 0 Å². The molecule has 1 aliphatic rings. The Labute approximate surface area is 192 Å². The molecule has 0 spiro atoms. The summed E-state index contributed by atoms with van der Waals surface area (Å²) in [6.45, 7) is 12.0. The fourth-order valence-corrected chi connectivity index (χ4v) is 4.03. The summed E-state index contributed by atoms with van der Waals surface area (Å²) >= 11 is 0. The fourth-order valence-electron chi connectivity index (χ4n) is 3.01. The lowest BCUT2D eigenvalue weighted by Crippen LogP contribution is -2.53. The predicted octanol–water partition coefficient (Wildman–Crippen LogP) is 4.73. The Balaban J connectivity index is 1.70. The smallest absolute Gasteiger partial charge is 0.251 e. The van der Waals surface area contributed by atoms with Crippen LogP contribution in [0.1, 0.15) is 26.3 Å². The number of para-hydroxylation sites is 1. The number of benzene rings is 2. The summed E-state index contributed by atoms with van der Waals surface area (Å²) in [4.78, 5) is 0. The first-order valence-electron chi connectivity index (χ1n) is 11.1. The summed E-state index contributed by atoms with van der Waals surface area (Å²) < 4.78 is 30.2. The molecule has 7 heteroatoms. The monoisotopic (exact) mass is 460 g/mol. The Kier molecular flexibility index (Phi) is 8.49. The summed E-state index contributed by atoms with van der Waals surface area (Å²) in [6.07, 6.45) is -2.95. The van der Waals surface area contributed by atoms with Gasteiger partial charge in [0.15, 0.2) is 8.32 Å². The Morgan fingerprint density at radius 2 is 1.66 bits per heavy atom. The van der Waals surface area contributed by atoms with E-state index in [-0.39, 0.29) is 17.7 Å². The molecular weight excluding hydrogens is 424 g/mol. The topological polar surface area (TPSA) is 66.4 Å². The van der Waals surface area contributed by atoms with Crippen LogP contribution in [0.25, 0.3) is 0 Å². The zero-order chi connectivity index (χ0) is 23.2. The average molecular weight is 461 g/mol. The Morgan fingerprint density at radius 1 is 1.03 bits per heavy atom. The molecule has 1 saturated heterocycles. The quantitative estimate of drug-likeness (QED) is 0.546. The van der Waals surface area contributed by atoms with Gasteiger partial charge in [-0.05, 0) is 35.8 Å². The molecule has 6 nitrogen and oxygen atoms in total. The second-order valence-electron chi connectivity index (χ2n) is 9.60. The maximum absolute atomic E-state index is 10.3. The molecular formula is C25H36O6Si. The zero-order valence-corrected chi connectivity index (χ0v) is 20.7. The van der Waals surface area contributed by atoms with Crippen LogP contribution in [-0.2, 0) is 25.2 Å². The maximum Gasteiger partial charge on any atom is 0.251 e. The molecule has 0 saturated carbocycles. The van der Waals surface area contributed by atoms with Crippen molar-refractivity contribution >= 4 is 8.32 Å². The second kappa shape index (κ2) is 10.9. The summed E-state index contributed by atoms with van der Waals surface area (Å²) in [5, 5.41) is 10.3. The Hall–Kier alpha value is -1.74. The van der Waals surface area contributed by atoms with Crippen molar-refractivity contribution in [1.82, 2.24) is 0 Å². The number of hydrogen-bond donors (Lipinski definition) is 1. The summed E-state index contributed by atoms with van der Waals surface area (Å²) in [5.41, 5.74) is 1.07. The number of ether oxygens (including phenoxy) is 4. The largest absolute Gasteiger partial charge is 0.459 e. The van der Waals surface area contributed by atoms with Crippen LogP contribution in [0.4, 0.5) is 0 Å². The minimum absolute atomic E-state index is 0.0794. The van der Waals surface area contributed by atoms with Crippen LogP contribution < -0.4 is 4.74 Å². The van der Waals surface area contributed by atoms with Crippen LogP contribution in [0.2, 0.25) is 18.1 Å². The number of rotatable bonds is 9. The Morgan fingerprint density at radius 3 is 2.28 bits per heavy atom. The molecule has 1 N–H and O–H groups in total. The van der Waals surface area contributed by atoms with Gasteiger partial charge in [-0.3, -0.25) is 0 Å². The first kappa shape index (κ1) is 24.9. The predicted molar refractivity (Wildman–Crippen MR) is 126 cm³/mol. The van der Waals surface area contributed by atoms with Gasteiger partial charge in [0.1, 0.15) is 18.0 Å². The first-order chi connectivity index (χ1) is 15.2. The van der Waals surface area contributed by atoms with E-state index in [1.165, 1.54) is 0 Å².